The summed E-state index contributed by atoms with van der Waals surface area (Å²) < 4.78 is 12.7. The van der Waals surface area contributed by atoms with Crippen LogP contribution in [0.25, 0.3) is 0 Å². The molecule has 2 aliphatic heterocycles. The predicted octanol–water partition coefficient (Wildman–Crippen LogP) is 0.791. The minimum Gasteiger partial charge on any atom is -0.491 e. The summed E-state index contributed by atoms with van der Waals surface area (Å²) in [4.78, 5) is 32.2. The molecule has 10 nitrogen and oxygen atoms in total. The number of hydrogen-bond acceptors (Lipinski definition) is 7. The molecule has 2 unspecified atom stereocenters. The zero-order valence-corrected chi connectivity index (χ0v) is 18.2. The van der Waals surface area contributed by atoms with E-state index in [0.29, 0.717) is 29.8 Å². The number of aliphatic hydroxyl groups is 1. The first kappa shape index (κ1) is 21.6. The number of amides is 3. The Hall–Kier alpha value is -3.66. The summed E-state index contributed by atoms with van der Waals surface area (Å²) in [6.45, 7) is 2.40. The molecule has 32 heavy (non-hydrogen) atoms. The van der Waals surface area contributed by atoms with E-state index in [1.54, 1.807) is 24.0 Å². The molecule has 2 aliphatic rings. The van der Waals surface area contributed by atoms with Crippen LogP contribution in [-0.2, 0) is 11.3 Å². The van der Waals surface area contributed by atoms with Gasteiger partial charge in [-0.05, 0) is 36.8 Å². The summed E-state index contributed by atoms with van der Waals surface area (Å²) in [7, 11) is 3.00. The van der Waals surface area contributed by atoms with Crippen molar-refractivity contribution < 1.29 is 28.4 Å². The number of rotatable bonds is 7. The lowest BCUT2D eigenvalue weighted by Crippen LogP contribution is -2.62. The number of fused-ring (bicyclic) bond motifs is 1. The standard InChI is InChI=1S/C22H25N5O5/c1-14-6-4-7-16(10-14)32-13-15(28)12-27-18-19(25(2)22(30)26(3)20(18)29)24-21(27)23-11-17-8-5-9-31-17/h4-10,15,18,28H,11-13H2,1-3H3/p+1. The van der Waals surface area contributed by atoms with Gasteiger partial charge in [-0.1, -0.05) is 17.1 Å². The number of β-amino-alcohol motifs (C(OH)–C–C–N with tert-alkyl or cyclic N) is 1. The van der Waals surface area contributed by atoms with Gasteiger partial charge in [-0.3, -0.25) is 19.9 Å². The summed E-state index contributed by atoms with van der Waals surface area (Å²) in [6.07, 6.45) is 0.656. The van der Waals surface area contributed by atoms with E-state index in [-0.39, 0.29) is 13.2 Å². The van der Waals surface area contributed by atoms with Crippen molar-refractivity contribution in [2.75, 3.05) is 27.2 Å². The number of ether oxygens (including phenoxy) is 1. The minimum atomic E-state index is -0.911. The summed E-state index contributed by atoms with van der Waals surface area (Å²) in [5.74, 6) is 1.62. The molecule has 1 fully saturated rings. The Morgan fingerprint density at radius 1 is 1.25 bits per heavy atom. The van der Waals surface area contributed by atoms with Gasteiger partial charge in [0.05, 0.1) is 12.8 Å². The Bertz CT molecular complexity index is 1080. The van der Waals surface area contributed by atoms with Crippen LogP contribution in [0.1, 0.15) is 11.3 Å². The van der Waals surface area contributed by atoms with Crippen LogP contribution in [0.5, 0.6) is 5.75 Å². The number of imide groups is 1. The number of aliphatic hydroxyl groups excluding tert-OH is 1. The van der Waals surface area contributed by atoms with Gasteiger partial charge in [0.15, 0.2) is 0 Å². The van der Waals surface area contributed by atoms with Crippen LogP contribution >= 0.6 is 0 Å². The maximum Gasteiger partial charge on any atom is 0.390 e. The van der Waals surface area contributed by atoms with E-state index in [4.69, 9.17) is 9.15 Å². The maximum atomic E-state index is 12.9. The summed E-state index contributed by atoms with van der Waals surface area (Å²) >= 11 is 0. The molecule has 1 saturated heterocycles. The highest BCUT2D eigenvalue weighted by atomic mass is 16.5. The summed E-state index contributed by atoms with van der Waals surface area (Å²) in [5, 5.41) is 13.8. The highest BCUT2D eigenvalue weighted by Gasteiger charge is 2.51. The lowest BCUT2D eigenvalue weighted by Gasteiger charge is -2.32. The van der Waals surface area contributed by atoms with Gasteiger partial charge in [0.1, 0.15) is 30.8 Å². The Balaban J connectivity index is 1.54. The number of amidine groups is 1. The molecular weight excluding hydrogens is 414 g/mol. The van der Waals surface area contributed by atoms with E-state index in [1.807, 2.05) is 37.3 Å². The number of furan rings is 1. The number of hydrogen-bond donors (Lipinski definition) is 2. The predicted molar refractivity (Wildman–Crippen MR) is 116 cm³/mol. The van der Waals surface area contributed by atoms with Gasteiger partial charge in [-0.2, -0.15) is 0 Å². The third-order valence-corrected chi connectivity index (χ3v) is 5.37. The molecule has 0 saturated carbocycles. The molecule has 1 aromatic carbocycles. The number of carbonyl (C=O) groups is 2. The molecule has 0 radical (unpaired) electrons. The van der Waals surface area contributed by atoms with Crippen molar-refractivity contribution in [2.45, 2.75) is 25.6 Å². The molecule has 0 aliphatic carbocycles. The third-order valence-electron chi connectivity index (χ3n) is 5.37. The number of aliphatic imine (C=N–C) groups is 1. The van der Waals surface area contributed by atoms with E-state index >= 15 is 0 Å². The van der Waals surface area contributed by atoms with E-state index in [9.17, 15) is 14.7 Å². The van der Waals surface area contributed by atoms with Crippen LogP contribution in [0.2, 0.25) is 0 Å². The van der Waals surface area contributed by atoms with Crippen LogP contribution in [-0.4, -0.2) is 82.6 Å². The van der Waals surface area contributed by atoms with Gasteiger partial charge in [0.25, 0.3) is 5.91 Å². The van der Waals surface area contributed by atoms with Crippen molar-refractivity contribution in [1.29, 1.82) is 0 Å². The van der Waals surface area contributed by atoms with Gasteiger partial charge < -0.3 is 14.3 Å². The van der Waals surface area contributed by atoms with Crippen molar-refractivity contribution >= 4 is 23.7 Å². The molecule has 2 N–H and O–H groups in total. The van der Waals surface area contributed by atoms with Crippen molar-refractivity contribution in [2.24, 2.45) is 4.99 Å². The van der Waals surface area contributed by atoms with E-state index < -0.39 is 24.1 Å². The number of benzene rings is 1. The highest BCUT2D eigenvalue weighted by molar-refractivity contribution is 6.22. The lowest BCUT2D eigenvalue weighted by molar-refractivity contribution is -0.545. The van der Waals surface area contributed by atoms with Crippen LogP contribution in [0.3, 0.4) is 0 Å². The molecule has 10 heteroatoms. The Morgan fingerprint density at radius 3 is 2.78 bits per heavy atom. The second-order valence-electron chi connectivity index (χ2n) is 7.80. The number of guanidine groups is 1. The summed E-state index contributed by atoms with van der Waals surface area (Å²) in [5.41, 5.74) is 1.05. The van der Waals surface area contributed by atoms with Crippen molar-refractivity contribution in [3.8, 4) is 5.75 Å². The molecule has 4 rings (SSSR count). The third kappa shape index (κ3) is 4.22. The number of nitrogens with one attached hydrogen (secondary N) is 1. The van der Waals surface area contributed by atoms with Crippen molar-refractivity contribution in [3.63, 3.8) is 0 Å². The van der Waals surface area contributed by atoms with Crippen LogP contribution in [0.15, 0.2) is 52.1 Å². The number of likely N-dealkylation sites (N-methyl/N-ethyl adjacent to an activating group) is 2. The normalized spacial score (nSPS) is 19.2. The van der Waals surface area contributed by atoms with Crippen molar-refractivity contribution in [3.05, 3.63) is 54.0 Å². The first-order chi connectivity index (χ1) is 15.3. The molecule has 3 amide bonds. The van der Waals surface area contributed by atoms with E-state index in [0.717, 1.165) is 10.5 Å². The van der Waals surface area contributed by atoms with Gasteiger partial charge in [-0.15, -0.1) is 0 Å². The molecule has 1 aromatic heterocycles. The molecule has 3 heterocycles. The SMILES string of the molecule is Cc1cccc(OCC(O)C[N+]2=C(NCc3ccco3)N=C3C2C(=O)N(C)C(=O)N3C)c1. The van der Waals surface area contributed by atoms with Gasteiger partial charge >= 0.3 is 12.0 Å². The quantitative estimate of drug-likeness (QED) is 0.616. The van der Waals surface area contributed by atoms with Gasteiger partial charge in [0, 0.05) is 14.1 Å². The Kier molecular flexibility index (Phi) is 5.95. The monoisotopic (exact) mass is 440 g/mol. The topological polar surface area (TPSA) is 111 Å². The molecule has 168 valence electrons. The fourth-order valence-corrected chi connectivity index (χ4v) is 3.69. The number of urea groups is 1. The number of aryl methyl sites for hydroxylation is 1. The largest absolute Gasteiger partial charge is 0.491 e. The second-order valence-corrected chi connectivity index (χ2v) is 7.80. The maximum absolute atomic E-state index is 12.9. The molecule has 2 atom stereocenters. The minimum absolute atomic E-state index is 0.0340. The molecular formula is C22H26N5O5+. The average molecular weight is 440 g/mol. The number of carbonyl (C=O) groups excluding carboxylic acids is 2. The van der Waals surface area contributed by atoms with Gasteiger partial charge in [-0.25, -0.2) is 9.37 Å². The van der Waals surface area contributed by atoms with Crippen LogP contribution in [0, 0.1) is 6.92 Å². The van der Waals surface area contributed by atoms with Gasteiger partial charge in [0.2, 0.25) is 11.9 Å². The Morgan fingerprint density at radius 2 is 2.06 bits per heavy atom. The second kappa shape index (κ2) is 8.83. The van der Waals surface area contributed by atoms with E-state index in [2.05, 4.69) is 10.3 Å². The molecule has 2 aromatic rings. The average Bonchev–Trinajstić information content (AvgIpc) is 3.41. The fourth-order valence-electron chi connectivity index (χ4n) is 3.69. The smallest absolute Gasteiger partial charge is 0.390 e. The van der Waals surface area contributed by atoms with Crippen molar-refractivity contribution in [1.82, 2.24) is 15.1 Å². The highest BCUT2D eigenvalue weighted by Crippen LogP contribution is 2.19. The zero-order chi connectivity index (χ0) is 22.8. The summed E-state index contributed by atoms with van der Waals surface area (Å²) in [6, 6.07) is 9.85. The van der Waals surface area contributed by atoms with Crippen LogP contribution < -0.4 is 10.1 Å². The molecule has 0 bridgehead atoms. The first-order valence-corrected chi connectivity index (χ1v) is 10.3. The van der Waals surface area contributed by atoms with E-state index in [1.165, 1.54) is 11.9 Å². The zero-order valence-electron chi connectivity index (χ0n) is 18.2. The van der Waals surface area contributed by atoms with Crippen LogP contribution in [0.4, 0.5) is 4.79 Å². The Labute approximate surface area is 185 Å². The molecule has 0 spiro atoms. The lowest BCUT2D eigenvalue weighted by atomic mass is 10.1. The first-order valence-electron chi connectivity index (χ1n) is 10.3. The number of nitrogens with zero attached hydrogens (tertiary/aromatic N) is 4. The fraction of sp³-hybridized carbons (Fsp3) is 0.364.